The van der Waals surface area contributed by atoms with E-state index in [0.717, 1.165) is 31.2 Å². The molecule has 4 rings (SSSR count). The number of methoxy groups -OCH3 is 3. The molecule has 0 aliphatic heterocycles. The zero-order valence-electron chi connectivity index (χ0n) is 24.2. The predicted octanol–water partition coefficient (Wildman–Crippen LogP) is 8.19. The summed E-state index contributed by atoms with van der Waals surface area (Å²) >= 11 is 7.32. The first-order chi connectivity index (χ1) is 20.3. The van der Waals surface area contributed by atoms with Gasteiger partial charge in [0.2, 0.25) is 5.91 Å². The number of carbonyl (C=O) groups is 1. The Morgan fingerprint density at radius 1 is 0.738 bits per heavy atom. The van der Waals surface area contributed by atoms with Gasteiger partial charge in [-0.3, -0.25) is 4.79 Å². The van der Waals surface area contributed by atoms with Crippen LogP contribution in [0.5, 0.6) is 23.0 Å². The van der Waals surface area contributed by atoms with E-state index in [1.54, 1.807) is 21.3 Å². The fraction of sp³-hybridized carbons (Fsp3) is 0.265. The molecule has 0 spiro atoms. The van der Waals surface area contributed by atoms with Crippen LogP contribution in [0, 0.1) is 0 Å². The Hall–Kier alpha value is -3.49. The highest BCUT2D eigenvalue weighted by Gasteiger charge is 2.24. The number of carbonyl (C=O) groups excluding carboxylic acids is 1. The maximum Gasteiger partial charge on any atom is 0.227 e. The Balaban J connectivity index is 1.59. The van der Waals surface area contributed by atoms with Gasteiger partial charge in [-0.05, 0) is 59.9 Å². The minimum absolute atomic E-state index is 0.00413. The van der Waals surface area contributed by atoms with Gasteiger partial charge in [0, 0.05) is 15.5 Å². The number of hydrogen-bond donors (Lipinski definition) is 0. The van der Waals surface area contributed by atoms with Crippen LogP contribution in [0.15, 0.2) is 93.9 Å². The molecule has 0 heterocycles. The van der Waals surface area contributed by atoms with Gasteiger partial charge < -0.3 is 23.8 Å². The molecule has 6 nitrogen and oxygen atoms in total. The van der Waals surface area contributed by atoms with Gasteiger partial charge in [-0.25, -0.2) is 0 Å². The van der Waals surface area contributed by atoms with Crippen LogP contribution in [0.3, 0.4) is 0 Å². The SMILES string of the molecule is COc1cc(Br)c(CC(=O)N(CCc2cc(OCc3ccccc3)c(OC)cc2Br)[C@@H](C)c2ccccc2)cc1OC. The molecule has 0 aromatic heterocycles. The number of amides is 1. The molecule has 4 aromatic rings. The van der Waals surface area contributed by atoms with Crippen molar-refractivity contribution < 1.29 is 23.7 Å². The van der Waals surface area contributed by atoms with Gasteiger partial charge in [0.1, 0.15) is 6.61 Å². The van der Waals surface area contributed by atoms with Crippen LogP contribution in [0.4, 0.5) is 0 Å². The number of nitrogens with zero attached hydrogens (tertiary/aromatic N) is 1. The largest absolute Gasteiger partial charge is 0.493 e. The molecule has 0 fully saturated rings. The molecule has 0 bridgehead atoms. The standard InChI is InChI=1S/C34H35Br2NO5/c1-23(25-13-9-6-10-14-25)37(34(38)19-27-18-30(39-2)31(40-3)21-29(27)36)16-15-26-17-33(32(41-4)20-28(26)35)42-22-24-11-7-5-8-12-24/h5-14,17-18,20-21,23H,15-16,19,22H2,1-4H3/t23-/m0/s1. The van der Waals surface area contributed by atoms with Crippen LogP contribution in [0.2, 0.25) is 0 Å². The Morgan fingerprint density at radius 2 is 1.26 bits per heavy atom. The average molecular weight is 697 g/mol. The van der Waals surface area contributed by atoms with Crippen molar-refractivity contribution in [2.75, 3.05) is 27.9 Å². The van der Waals surface area contributed by atoms with E-state index in [1.165, 1.54) is 0 Å². The zero-order chi connectivity index (χ0) is 30.1. The minimum atomic E-state index is -0.136. The monoisotopic (exact) mass is 695 g/mol. The van der Waals surface area contributed by atoms with Gasteiger partial charge in [0.15, 0.2) is 23.0 Å². The highest BCUT2D eigenvalue weighted by molar-refractivity contribution is 9.10. The first kappa shape index (κ1) is 31.4. The van der Waals surface area contributed by atoms with Crippen molar-refractivity contribution in [3.63, 3.8) is 0 Å². The second-order valence-electron chi connectivity index (χ2n) is 9.77. The van der Waals surface area contributed by atoms with Gasteiger partial charge in [-0.1, -0.05) is 92.5 Å². The van der Waals surface area contributed by atoms with Crippen molar-refractivity contribution in [3.8, 4) is 23.0 Å². The van der Waals surface area contributed by atoms with Gasteiger partial charge in [0.25, 0.3) is 0 Å². The predicted molar refractivity (Wildman–Crippen MR) is 173 cm³/mol. The molecule has 8 heteroatoms. The first-order valence-corrected chi connectivity index (χ1v) is 15.2. The van der Waals surface area contributed by atoms with Crippen molar-refractivity contribution in [1.82, 2.24) is 4.90 Å². The van der Waals surface area contributed by atoms with E-state index in [2.05, 4.69) is 50.9 Å². The molecule has 4 aromatic carbocycles. The maximum absolute atomic E-state index is 13.9. The number of hydrogen-bond acceptors (Lipinski definition) is 5. The normalized spacial score (nSPS) is 11.5. The van der Waals surface area contributed by atoms with Gasteiger partial charge in [-0.2, -0.15) is 0 Å². The third kappa shape index (κ3) is 7.86. The molecule has 0 aliphatic rings. The molecule has 1 atom stereocenters. The van der Waals surface area contributed by atoms with Crippen LogP contribution in [-0.2, 0) is 24.2 Å². The van der Waals surface area contributed by atoms with E-state index < -0.39 is 0 Å². The lowest BCUT2D eigenvalue weighted by atomic mass is 10.0. The van der Waals surface area contributed by atoms with Crippen LogP contribution >= 0.6 is 31.9 Å². The molecule has 1 amide bonds. The van der Waals surface area contributed by atoms with E-state index in [-0.39, 0.29) is 18.4 Å². The third-order valence-electron chi connectivity index (χ3n) is 7.16. The molecule has 220 valence electrons. The van der Waals surface area contributed by atoms with Crippen LogP contribution in [0.25, 0.3) is 0 Å². The number of ether oxygens (including phenoxy) is 4. The van der Waals surface area contributed by atoms with Crippen LogP contribution in [-0.4, -0.2) is 38.7 Å². The van der Waals surface area contributed by atoms with Gasteiger partial charge in [0.05, 0.1) is 33.8 Å². The molecule has 0 unspecified atom stereocenters. The third-order valence-corrected chi connectivity index (χ3v) is 8.63. The molecule has 0 aliphatic carbocycles. The van der Waals surface area contributed by atoms with Crippen LogP contribution < -0.4 is 18.9 Å². The van der Waals surface area contributed by atoms with E-state index >= 15 is 0 Å². The van der Waals surface area contributed by atoms with Crippen molar-refractivity contribution in [2.45, 2.75) is 32.4 Å². The number of rotatable bonds is 13. The molecule has 0 N–H and O–H groups in total. The summed E-state index contributed by atoms with van der Waals surface area (Å²) in [7, 11) is 4.81. The van der Waals surface area contributed by atoms with Crippen molar-refractivity contribution in [3.05, 3.63) is 116 Å². The lowest BCUT2D eigenvalue weighted by Gasteiger charge is -2.30. The van der Waals surface area contributed by atoms with E-state index in [9.17, 15) is 4.79 Å². The molecule has 0 saturated carbocycles. The van der Waals surface area contributed by atoms with Crippen molar-refractivity contribution >= 4 is 37.8 Å². The average Bonchev–Trinajstić information content (AvgIpc) is 3.02. The summed E-state index contributed by atoms with van der Waals surface area (Å²) in [5.41, 5.74) is 3.98. The number of halogens is 2. The molecular formula is C34H35Br2NO5. The van der Waals surface area contributed by atoms with E-state index in [0.29, 0.717) is 42.6 Å². The minimum Gasteiger partial charge on any atom is -0.493 e. The molecule has 42 heavy (non-hydrogen) atoms. The first-order valence-electron chi connectivity index (χ1n) is 13.6. The summed E-state index contributed by atoms with van der Waals surface area (Å²) in [5, 5.41) is 0. The molecule has 0 radical (unpaired) electrons. The Labute approximate surface area is 264 Å². The zero-order valence-corrected chi connectivity index (χ0v) is 27.4. The summed E-state index contributed by atoms with van der Waals surface area (Å²) in [6.07, 6.45) is 0.815. The highest BCUT2D eigenvalue weighted by atomic mass is 79.9. The lowest BCUT2D eigenvalue weighted by Crippen LogP contribution is -2.36. The van der Waals surface area contributed by atoms with Crippen LogP contribution in [0.1, 0.15) is 35.2 Å². The lowest BCUT2D eigenvalue weighted by molar-refractivity contribution is -0.132. The Kier molecular flexibility index (Phi) is 11.3. The second-order valence-corrected chi connectivity index (χ2v) is 11.5. The van der Waals surface area contributed by atoms with Gasteiger partial charge >= 0.3 is 0 Å². The second kappa shape index (κ2) is 15.1. The summed E-state index contributed by atoms with van der Waals surface area (Å²) in [6, 6.07) is 27.5. The van der Waals surface area contributed by atoms with E-state index in [1.807, 2.05) is 77.7 Å². The fourth-order valence-electron chi connectivity index (χ4n) is 4.76. The van der Waals surface area contributed by atoms with E-state index in [4.69, 9.17) is 18.9 Å². The quantitative estimate of drug-likeness (QED) is 0.141. The van der Waals surface area contributed by atoms with Gasteiger partial charge in [-0.15, -0.1) is 0 Å². The fourth-order valence-corrected chi connectivity index (χ4v) is 5.74. The maximum atomic E-state index is 13.9. The summed E-state index contributed by atoms with van der Waals surface area (Å²) < 4.78 is 24.4. The topological polar surface area (TPSA) is 57.2 Å². The smallest absolute Gasteiger partial charge is 0.227 e. The molecule has 0 saturated heterocycles. The van der Waals surface area contributed by atoms with Crippen molar-refractivity contribution in [2.24, 2.45) is 0 Å². The number of benzene rings is 4. The Morgan fingerprint density at radius 3 is 1.88 bits per heavy atom. The highest BCUT2D eigenvalue weighted by Crippen LogP contribution is 2.36. The molecular weight excluding hydrogens is 662 g/mol. The summed E-state index contributed by atoms with van der Waals surface area (Å²) in [4.78, 5) is 15.9. The summed E-state index contributed by atoms with van der Waals surface area (Å²) in [6.45, 7) is 2.99. The Bertz CT molecular complexity index is 1480. The van der Waals surface area contributed by atoms with Crippen molar-refractivity contribution in [1.29, 1.82) is 0 Å². The summed E-state index contributed by atoms with van der Waals surface area (Å²) in [5.74, 6) is 2.48.